The molecule has 0 aliphatic carbocycles. The van der Waals surface area contributed by atoms with Crippen LogP contribution in [0.1, 0.15) is 48.6 Å². The van der Waals surface area contributed by atoms with E-state index in [0.717, 1.165) is 38.2 Å². The molecule has 75 heavy (non-hydrogen) atoms. The number of hydrogen-bond acceptors (Lipinski definition) is 11. The van der Waals surface area contributed by atoms with E-state index in [-0.39, 0.29) is 51.3 Å². The van der Waals surface area contributed by atoms with Crippen molar-refractivity contribution in [3.05, 3.63) is 240 Å². The summed E-state index contributed by atoms with van der Waals surface area (Å²) in [5, 5.41) is 24.9. The van der Waals surface area contributed by atoms with Crippen LogP contribution in [0.4, 0.5) is 0 Å². The number of benzene rings is 7. The first-order valence-electron chi connectivity index (χ1n) is 26.0. The average molecular weight is 1030 g/mol. The number of aliphatic hydroxyl groups is 2. The van der Waals surface area contributed by atoms with Crippen LogP contribution in [0.3, 0.4) is 0 Å². The van der Waals surface area contributed by atoms with Crippen molar-refractivity contribution in [2.45, 2.75) is 120 Å². The largest absolute Gasteiger partial charge is 0.405 e. The van der Waals surface area contributed by atoms with E-state index in [1.54, 1.807) is 0 Å². The molecule has 0 aromatic heterocycles. The van der Waals surface area contributed by atoms with Gasteiger partial charge in [0, 0.05) is 0 Å². The van der Waals surface area contributed by atoms with Crippen molar-refractivity contribution in [2.24, 2.45) is 0 Å². The molecule has 10 atom stereocenters. The number of ether oxygens (including phenoxy) is 8. The Hall–Kier alpha value is -5.68. The summed E-state index contributed by atoms with van der Waals surface area (Å²) in [5.41, 5.74) is 4.69. The fraction of sp³-hybridized carbons (Fsp3) is 0.333. The molecule has 2 aliphatic rings. The van der Waals surface area contributed by atoms with Gasteiger partial charge in [-0.3, -0.25) is 0 Å². The molecule has 0 radical (unpaired) electrons. The lowest BCUT2D eigenvalue weighted by molar-refractivity contribution is -0.345. The maximum atomic E-state index is 11.6. The maximum absolute atomic E-state index is 11.6. The Labute approximate surface area is 443 Å². The second kappa shape index (κ2) is 26.4. The standard InChI is InChI=1S/C63H70O11Si/c1-63(2,3)75(51-35-21-9-22-36-51,52-37-23-10-24-38-52)72-45-54-57(67-40-47-27-13-5-14-28-47)59(69-42-49-31-17-7-18-32-49)60(70-43-50-33-19-8-20-34-50)62(74-54)71-44-53-56(66-39-46-25-11-4-12-26-46)58(55(64)61(65)73-53)68-41-48-29-15-6-16-30-48/h4-38,53-62,64-65H,39-45H2,1-3H3/t53-,54-,55-,56-,57-,58-,59+,60-,61+,62+/m1/s1. The van der Waals surface area contributed by atoms with E-state index in [9.17, 15) is 10.2 Å². The van der Waals surface area contributed by atoms with Crippen LogP contribution in [-0.4, -0.2) is 93.2 Å². The van der Waals surface area contributed by atoms with Gasteiger partial charge in [-0.1, -0.05) is 233 Å². The maximum Gasteiger partial charge on any atom is 0.261 e. The molecule has 9 rings (SSSR count). The van der Waals surface area contributed by atoms with Crippen LogP contribution in [-0.2, 0) is 75.4 Å². The summed E-state index contributed by atoms with van der Waals surface area (Å²) >= 11 is 0. The highest BCUT2D eigenvalue weighted by Crippen LogP contribution is 2.39. The van der Waals surface area contributed by atoms with E-state index in [1.807, 2.05) is 164 Å². The Kier molecular flexibility index (Phi) is 19.0. The minimum Gasteiger partial charge on any atom is -0.405 e. The molecule has 12 heteroatoms. The first kappa shape index (κ1) is 54.1. The first-order chi connectivity index (χ1) is 36.7. The van der Waals surface area contributed by atoms with E-state index in [1.165, 1.54) is 0 Å². The van der Waals surface area contributed by atoms with Crippen molar-refractivity contribution in [3.8, 4) is 0 Å². The Bertz CT molecular complexity index is 2660. The SMILES string of the molecule is CC(C)(C)[Si](OC[C@H]1O[C@H](OC[C@H]2O[C@H](O)[C@H](O)[C@@H](OCc3ccccc3)[C@@H]2OCc2ccccc2)[C@H](OCc2ccccc2)[C@@H](OCc2ccccc2)[C@@H]1OCc1ccccc1)(c1ccccc1)c1ccccc1. The second-order valence-corrected chi connectivity index (χ2v) is 24.5. The summed E-state index contributed by atoms with van der Waals surface area (Å²) in [5.74, 6) is 0. The molecular weight excluding hydrogens is 961 g/mol. The molecule has 7 aromatic carbocycles. The van der Waals surface area contributed by atoms with Crippen molar-refractivity contribution in [2.75, 3.05) is 13.2 Å². The van der Waals surface area contributed by atoms with E-state index < -0.39 is 69.7 Å². The van der Waals surface area contributed by atoms with Gasteiger partial charge in [0.2, 0.25) is 0 Å². The lowest BCUT2D eigenvalue weighted by atomic mass is 9.97. The van der Waals surface area contributed by atoms with Gasteiger partial charge in [-0.2, -0.15) is 0 Å². The molecule has 2 N–H and O–H groups in total. The summed E-state index contributed by atoms with van der Waals surface area (Å²) < 4.78 is 62.5. The van der Waals surface area contributed by atoms with Crippen LogP contribution < -0.4 is 10.4 Å². The van der Waals surface area contributed by atoms with Crippen molar-refractivity contribution in [1.82, 2.24) is 0 Å². The molecule has 0 unspecified atom stereocenters. The lowest BCUT2D eigenvalue weighted by Gasteiger charge is -2.49. The van der Waals surface area contributed by atoms with E-state index >= 15 is 0 Å². The zero-order chi connectivity index (χ0) is 51.9. The molecule has 0 bridgehead atoms. The fourth-order valence-corrected chi connectivity index (χ4v) is 14.7. The molecule has 0 spiro atoms. The van der Waals surface area contributed by atoms with Gasteiger partial charge in [0.05, 0.1) is 46.2 Å². The normalized spacial score (nSPS) is 24.2. The topological polar surface area (TPSA) is 124 Å². The number of aliphatic hydroxyl groups excluding tert-OH is 2. The smallest absolute Gasteiger partial charge is 0.261 e. The molecule has 2 heterocycles. The van der Waals surface area contributed by atoms with Gasteiger partial charge in [0.1, 0.15) is 48.8 Å². The molecule has 392 valence electrons. The second-order valence-electron chi connectivity index (χ2n) is 20.2. The van der Waals surface area contributed by atoms with Gasteiger partial charge < -0.3 is 52.5 Å². The summed E-state index contributed by atoms with van der Waals surface area (Å²) in [6, 6.07) is 70.5. The minimum absolute atomic E-state index is 0.103. The molecular formula is C63H70O11Si. The van der Waals surface area contributed by atoms with Gasteiger partial charge in [0.15, 0.2) is 12.6 Å². The molecule has 7 aromatic rings. The van der Waals surface area contributed by atoms with Gasteiger partial charge in [-0.05, 0) is 43.2 Å². The predicted molar refractivity (Wildman–Crippen MR) is 290 cm³/mol. The zero-order valence-corrected chi connectivity index (χ0v) is 44.0. The molecule has 2 fully saturated rings. The van der Waals surface area contributed by atoms with Gasteiger partial charge in [0.25, 0.3) is 8.32 Å². The highest BCUT2D eigenvalue weighted by atomic mass is 28.4. The summed E-state index contributed by atoms with van der Waals surface area (Å²) in [7, 11) is -3.14. The van der Waals surface area contributed by atoms with Gasteiger partial charge in [-0.25, -0.2) is 0 Å². The highest BCUT2D eigenvalue weighted by molar-refractivity contribution is 6.99. The number of hydrogen-bond donors (Lipinski definition) is 2. The van der Waals surface area contributed by atoms with Gasteiger partial charge >= 0.3 is 0 Å². The number of rotatable bonds is 23. The van der Waals surface area contributed by atoms with Crippen molar-refractivity contribution in [3.63, 3.8) is 0 Å². The molecule has 11 nitrogen and oxygen atoms in total. The molecule has 0 amide bonds. The summed E-state index contributed by atoms with van der Waals surface area (Å²) in [6.45, 7) is 7.73. The molecule has 2 aliphatic heterocycles. The Morgan fingerprint density at radius 2 is 0.693 bits per heavy atom. The van der Waals surface area contributed by atoms with E-state index in [0.29, 0.717) is 0 Å². The highest BCUT2D eigenvalue weighted by Gasteiger charge is 2.54. The molecule has 2 saturated heterocycles. The third kappa shape index (κ3) is 13.8. The predicted octanol–water partition coefficient (Wildman–Crippen LogP) is 9.31. The van der Waals surface area contributed by atoms with Crippen molar-refractivity contribution in [1.29, 1.82) is 0 Å². The monoisotopic (exact) mass is 1030 g/mol. The van der Waals surface area contributed by atoms with Crippen LogP contribution in [0.2, 0.25) is 5.04 Å². The van der Waals surface area contributed by atoms with Crippen LogP contribution in [0, 0.1) is 0 Å². The van der Waals surface area contributed by atoms with E-state index in [4.69, 9.17) is 42.3 Å². The third-order valence-corrected chi connectivity index (χ3v) is 19.0. The Balaban J connectivity index is 1.10. The van der Waals surface area contributed by atoms with Gasteiger partial charge in [-0.15, -0.1) is 0 Å². The summed E-state index contributed by atoms with van der Waals surface area (Å²) in [4.78, 5) is 0. The third-order valence-electron chi connectivity index (χ3n) is 14.0. The van der Waals surface area contributed by atoms with E-state index in [2.05, 4.69) is 69.3 Å². The van der Waals surface area contributed by atoms with Crippen molar-refractivity contribution < 1.29 is 52.5 Å². The lowest BCUT2D eigenvalue weighted by Crippen LogP contribution is -2.68. The first-order valence-corrected chi connectivity index (χ1v) is 27.9. The van der Waals surface area contributed by atoms with Crippen LogP contribution in [0.15, 0.2) is 212 Å². The quantitative estimate of drug-likeness (QED) is 0.0597. The Morgan fingerprint density at radius 3 is 1.08 bits per heavy atom. The average Bonchev–Trinajstić information content (AvgIpc) is 3.45. The van der Waals surface area contributed by atoms with Crippen LogP contribution in [0.5, 0.6) is 0 Å². The minimum atomic E-state index is -3.14. The molecule has 0 saturated carbocycles. The Morgan fingerprint density at radius 1 is 0.373 bits per heavy atom. The van der Waals surface area contributed by atoms with Crippen LogP contribution >= 0.6 is 0 Å². The fourth-order valence-electron chi connectivity index (χ4n) is 10.1. The van der Waals surface area contributed by atoms with Crippen molar-refractivity contribution >= 4 is 18.7 Å². The summed E-state index contributed by atoms with van der Waals surface area (Å²) in [6.07, 6.45) is -10.2. The van der Waals surface area contributed by atoms with Crippen LogP contribution in [0.25, 0.3) is 0 Å². The zero-order valence-electron chi connectivity index (χ0n) is 43.0.